The van der Waals surface area contributed by atoms with Gasteiger partial charge in [0.05, 0.1) is 0 Å². The van der Waals surface area contributed by atoms with Gasteiger partial charge in [-0.2, -0.15) is 0 Å². The number of hydrogen-bond donors (Lipinski definition) is 2. The van der Waals surface area contributed by atoms with Crippen molar-refractivity contribution >= 4 is 11.7 Å². The zero-order chi connectivity index (χ0) is 16.4. The maximum Gasteiger partial charge on any atom is 0.270 e. The number of carbonyl (C=O) groups is 1. The third-order valence-corrected chi connectivity index (χ3v) is 3.22. The molecule has 0 atom stereocenters. The number of hydrogen-bond acceptors (Lipinski definition) is 5. The van der Waals surface area contributed by atoms with Gasteiger partial charge < -0.3 is 15.5 Å². The highest BCUT2D eigenvalue weighted by Crippen LogP contribution is 2.07. The summed E-state index contributed by atoms with van der Waals surface area (Å²) in [7, 11) is 4.10. The standard InChI is InChI=1S/C16H29N5O/c1-5-6-7-9-18-16(22)14-12-15(20-13(2)19-14)17-10-8-11-21(3)4/h12H,5-11H2,1-4H3,(H,18,22)(H,17,19,20). The van der Waals surface area contributed by atoms with E-state index < -0.39 is 0 Å². The Bertz CT molecular complexity index is 462. The highest BCUT2D eigenvalue weighted by atomic mass is 16.1. The summed E-state index contributed by atoms with van der Waals surface area (Å²) in [5.41, 5.74) is 0.430. The van der Waals surface area contributed by atoms with Crippen LogP contribution in [0.4, 0.5) is 5.82 Å². The van der Waals surface area contributed by atoms with Gasteiger partial charge in [0.1, 0.15) is 17.3 Å². The molecule has 124 valence electrons. The van der Waals surface area contributed by atoms with Crippen molar-refractivity contribution in [3.63, 3.8) is 0 Å². The monoisotopic (exact) mass is 307 g/mol. The molecule has 1 amide bonds. The normalized spacial score (nSPS) is 10.8. The van der Waals surface area contributed by atoms with Gasteiger partial charge in [-0.15, -0.1) is 0 Å². The Morgan fingerprint density at radius 2 is 1.95 bits per heavy atom. The quantitative estimate of drug-likeness (QED) is 0.648. The summed E-state index contributed by atoms with van der Waals surface area (Å²) in [4.78, 5) is 22.8. The van der Waals surface area contributed by atoms with Gasteiger partial charge in [-0.1, -0.05) is 19.8 Å². The number of unbranched alkanes of at least 4 members (excludes halogenated alkanes) is 2. The van der Waals surface area contributed by atoms with Crippen molar-refractivity contribution in [2.24, 2.45) is 0 Å². The highest BCUT2D eigenvalue weighted by molar-refractivity contribution is 5.92. The molecular formula is C16H29N5O. The topological polar surface area (TPSA) is 70.2 Å². The van der Waals surface area contributed by atoms with Gasteiger partial charge in [0, 0.05) is 19.2 Å². The predicted octanol–water partition coefficient (Wildman–Crippen LogP) is 2.07. The third kappa shape index (κ3) is 7.36. The number of rotatable bonds is 10. The molecule has 0 bridgehead atoms. The second-order valence-corrected chi connectivity index (χ2v) is 5.73. The molecule has 22 heavy (non-hydrogen) atoms. The molecule has 0 saturated heterocycles. The zero-order valence-corrected chi connectivity index (χ0v) is 14.3. The smallest absolute Gasteiger partial charge is 0.270 e. The number of anilines is 1. The van der Waals surface area contributed by atoms with E-state index in [9.17, 15) is 4.79 Å². The Kier molecular flexibility index (Phi) is 8.43. The van der Waals surface area contributed by atoms with Crippen LogP contribution in [0.5, 0.6) is 0 Å². The molecular weight excluding hydrogens is 278 g/mol. The van der Waals surface area contributed by atoms with E-state index in [0.717, 1.165) is 38.8 Å². The van der Waals surface area contributed by atoms with E-state index in [0.29, 0.717) is 23.9 Å². The number of amides is 1. The molecule has 6 nitrogen and oxygen atoms in total. The van der Waals surface area contributed by atoms with E-state index in [4.69, 9.17) is 0 Å². The Morgan fingerprint density at radius 3 is 2.64 bits per heavy atom. The van der Waals surface area contributed by atoms with Gasteiger partial charge in [0.15, 0.2) is 0 Å². The lowest BCUT2D eigenvalue weighted by molar-refractivity contribution is 0.0947. The van der Waals surface area contributed by atoms with Crippen LogP contribution >= 0.6 is 0 Å². The molecule has 0 fully saturated rings. The maximum absolute atomic E-state index is 12.1. The van der Waals surface area contributed by atoms with Crippen molar-refractivity contribution in [3.05, 3.63) is 17.6 Å². The number of aromatic nitrogens is 2. The second kappa shape index (κ2) is 10.1. The van der Waals surface area contributed by atoms with Crippen molar-refractivity contribution in [1.29, 1.82) is 0 Å². The second-order valence-electron chi connectivity index (χ2n) is 5.73. The summed E-state index contributed by atoms with van der Waals surface area (Å²) in [5, 5.41) is 6.16. The zero-order valence-electron chi connectivity index (χ0n) is 14.3. The minimum atomic E-state index is -0.127. The lowest BCUT2D eigenvalue weighted by Crippen LogP contribution is -2.26. The van der Waals surface area contributed by atoms with Gasteiger partial charge in [0.25, 0.3) is 5.91 Å². The molecule has 0 aliphatic carbocycles. The van der Waals surface area contributed by atoms with Crippen molar-refractivity contribution in [2.45, 2.75) is 39.5 Å². The molecule has 0 aliphatic heterocycles. The fraction of sp³-hybridized carbons (Fsp3) is 0.688. The summed E-state index contributed by atoms with van der Waals surface area (Å²) >= 11 is 0. The van der Waals surface area contributed by atoms with Crippen molar-refractivity contribution in [1.82, 2.24) is 20.2 Å². The first-order valence-corrected chi connectivity index (χ1v) is 8.05. The average Bonchev–Trinajstić information content (AvgIpc) is 2.47. The highest BCUT2D eigenvalue weighted by Gasteiger charge is 2.09. The van der Waals surface area contributed by atoms with E-state index in [1.165, 1.54) is 0 Å². The summed E-state index contributed by atoms with van der Waals surface area (Å²) in [5.74, 6) is 1.19. The fourth-order valence-electron chi connectivity index (χ4n) is 2.05. The van der Waals surface area contributed by atoms with E-state index in [1.54, 1.807) is 13.0 Å². The maximum atomic E-state index is 12.1. The van der Waals surface area contributed by atoms with Gasteiger partial charge >= 0.3 is 0 Å². The number of nitrogens with zero attached hydrogens (tertiary/aromatic N) is 3. The largest absolute Gasteiger partial charge is 0.370 e. The SMILES string of the molecule is CCCCCNC(=O)c1cc(NCCCN(C)C)nc(C)n1. The van der Waals surface area contributed by atoms with Crippen LogP contribution in [-0.4, -0.2) is 54.5 Å². The van der Waals surface area contributed by atoms with Crippen LogP contribution in [0.25, 0.3) is 0 Å². The van der Waals surface area contributed by atoms with E-state index in [2.05, 4.69) is 46.5 Å². The molecule has 1 heterocycles. The molecule has 0 radical (unpaired) electrons. The average molecular weight is 307 g/mol. The fourth-order valence-corrected chi connectivity index (χ4v) is 2.05. The van der Waals surface area contributed by atoms with E-state index in [1.807, 2.05) is 0 Å². The van der Waals surface area contributed by atoms with Crippen LogP contribution < -0.4 is 10.6 Å². The van der Waals surface area contributed by atoms with Crippen LogP contribution in [0.2, 0.25) is 0 Å². The summed E-state index contributed by atoms with van der Waals surface area (Å²) in [6, 6.07) is 1.72. The summed E-state index contributed by atoms with van der Waals surface area (Å²) < 4.78 is 0. The molecule has 0 unspecified atom stereocenters. The number of nitrogens with one attached hydrogen (secondary N) is 2. The summed E-state index contributed by atoms with van der Waals surface area (Å²) in [6.07, 6.45) is 4.29. The van der Waals surface area contributed by atoms with Crippen LogP contribution in [0.3, 0.4) is 0 Å². The molecule has 1 aromatic rings. The molecule has 6 heteroatoms. The third-order valence-electron chi connectivity index (χ3n) is 3.22. The van der Waals surface area contributed by atoms with Gasteiger partial charge in [-0.3, -0.25) is 4.79 Å². The molecule has 1 rings (SSSR count). The van der Waals surface area contributed by atoms with E-state index >= 15 is 0 Å². The summed E-state index contributed by atoms with van der Waals surface area (Å²) in [6.45, 7) is 6.48. The predicted molar refractivity (Wildman–Crippen MR) is 90.3 cm³/mol. The van der Waals surface area contributed by atoms with Crippen molar-refractivity contribution in [2.75, 3.05) is 39.0 Å². The van der Waals surface area contributed by atoms with Crippen LogP contribution in [0, 0.1) is 6.92 Å². The van der Waals surface area contributed by atoms with Gasteiger partial charge in [-0.25, -0.2) is 9.97 Å². The first-order chi connectivity index (χ1) is 10.5. The lowest BCUT2D eigenvalue weighted by atomic mass is 10.2. The Morgan fingerprint density at radius 1 is 1.18 bits per heavy atom. The molecule has 1 aromatic heterocycles. The molecule has 0 aliphatic rings. The van der Waals surface area contributed by atoms with Crippen molar-refractivity contribution < 1.29 is 4.79 Å². The number of aryl methyl sites for hydroxylation is 1. The molecule has 2 N–H and O–H groups in total. The van der Waals surface area contributed by atoms with Gasteiger partial charge in [-0.05, 0) is 40.4 Å². The minimum Gasteiger partial charge on any atom is -0.370 e. The Balaban J connectivity index is 2.51. The molecule has 0 aromatic carbocycles. The minimum absolute atomic E-state index is 0.127. The first kappa shape index (κ1) is 18.4. The lowest BCUT2D eigenvalue weighted by Gasteiger charge is -2.11. The van der Waals surface area contributed by atoms with Crippen LogP contribution in [0.1, 0.15) is 48.9 Å². The van der Waals surface area contributed by atoms with E-state index in [-0.39, 0.29) is 5.91 Å². The van der Waals surface area contributed by atoms with Crippen LogP contribution in [0.15, 0.2) is 6.07 Å². The van der Waals surface area contributed by atoms with Crippen molar-refractivity contribution in [3.8, 4) is 0 Å². The number of carbonyl (C=O) groups excluding carboxylic acids is 1. The Labute approximate surface area is 133 Å². The molecule has 0 spiro atoms. The van der Waals surface area contributed by atoms with Crippen LogP contribution in [-0.2, 0) is 0 Å². The first-order valence-electron chi connectivity index (χ1n) is 8.05. The Hall–Kier alpha value is -1.69. The molecule has 0 saturated carbocycles. The van der Waals surface area contributed by atoms with Gasteiger partial charge in [0.2, 0.25) is 0 Å².